The molecule has 0 aliphatic carbocycles. The van der Waals surface area contributed by atoms with Gasteiger partial charge in [0.15, 0.2) is 5.54 Å². The molecule has 8 heteroatoms. The maximum absolute atomic E-state index is 13.4. The van der Waals surface area contributed by atoms with Gasteiger partial charge in [0, 0.05) is 6.54 Å². The third kappa shape index (κ3) is 2.87. The lowest BCUT2D eigenvalue weighted by Gasteiger charge is -2.45. The fourth-order valence-corrected chi connectivity index (χ4v) is 2.92. The molecule has 0 radical (unpaired) electrons. The molecule has 2 aliphatic rings. The fourth-order valence-electron chi connectivity index (χ4n) is 2.92. The lowest BCUT2D eigenvalue weighted by atomic mass is 9.91. The third-order valence-corrected chi connectivity index (χ3v) is 4.15. The SMILES string of the molecule is O=C(O)N1CC(c2cccc(F)c2)NC(=O)C12COCCOC2. The summed E-state index contributed by atoms with van der Waals surface area (Å²) in [5.41, 5.74) is -0.901. The van der Waals surface area contributed by atoms with Crippen LogP contribution in [0.5, 0.6) is 0 Å². The zero-order chi connectivity index (χ0) is 16.4. The minimum Gasteiger partial charge on any atom is -0.465 e. The van der Waals surface area contributed by atoms with E-state index < -0.39 is 29.4 Å². The highest BCUT2D eigenvalue weighted by Gasteiger charge is 2.52. The van der Waals surface area contributed by atoms with Gasteiger partial charge in [0.05, 0.1) is 32.5 Å². The smallest absolute Gasteiger partial charge is 0.408 e. The van der Waals surface area contributed by atoms with Crippen molar-refractivity contribution in [2.24, 2.45) is 0 Å². The molecule has 0 saturated carbocycles. The molecule has 1 unspecified atom stereocenters. The molecule has 2 heterocycles. The molecule has 1 aromatic rings. The minimum atomic E-state index is -1.41. The first kappa shape index (κ1) is 15.7. The summed E-state index contributed by atoms with van der Waals surface area (Å²) in [6.45, 7) is 0.463. The summed E-state index contributed by atoms with van der Waals surface area (Å²) in [4.78, 5) is 25.4. The van der Waals surface area contributed by atoms with Crippen LogP contribution < -0.4 is 5.32 Å². The van der Waals surface area contributed by atoms with E-state index in [9.17, 15) is 19.1 Å². The number of amides is 2. The summed E-state index contributed by atoms with van der Waals surface area (Å²) in [5.74, 6) is -0.942. The van der Waals surface area contributed by atoms with Gasteiger partial charge in [-0.05, 0) is 17.7 Å². The molecule has 1 atom stereocenters. The molecule has 2 amide bonds. The molecule has 2 aliphatic heterocycles. The Kier molecular flexibility index (Phi) is 4.18. The third-order valence-electron chi connectivity index (χ3n) is 4.15. The minimum absolute atomic E-state index is 0.00273. The summed E-state index contributed by atoms with van der Waals surface area (Å²) >= 11 is 0. The Labute approximate surface area is 132 Å². The first-order valence-electron chi connectivity index (χ1n) is 7.25. The second-order valence-electron chi connectivity index (χ2n) is 5.61. The molecular weight excluding hydrogens is 307 g/mol. The van der Waals surface area contributed by atoms with Crippen molar-refractivity contribution in [3.8, 4) is 0 Å². The predicted octanol–water partition coefficient (Wildman–Crippen LogP) is 0.762. The van der Waals surface area contributed by atoms with Gasteiger partial charge in [-0.3, -0.25) is 9.69 Å². The van der Waals surface area contributed by atoms with E-state index in [-0.39, 0.29) is 19.8 Å². The van der Waals surface area contributed by atoms with Crippen molar-refractivity contribution in [3.63, 3.8) is 0 Å². The van der Waals surface area contributed by atoms with Crippen LogP contribution in [0.2, 0.25) is 0 Å². The number of carbonyl (C=O) groups is 2. The molecule has 0 bridgehead atoms. The van der Waals surface area contributed by atoms with Gasteiger partial charge in [-0.2, -0.15) is 0 Å². The van der Waals surface area contributed by atoms with E-state index in [0.717, 1.165) is 4.90 Å². The Morgan fingerprint density at radius 1 is 1.35 bits per heavy atom. The van der Waals surface area contributed by atoms with E-state index >= 15 is 0 Å². The van der Waals surface area contributed by atoms with E-state index in [1.54, 1.807) is 6.07 Å². The average molecular weight is 324 g/mol. The van der Waals surface area contributed by atoms with Gasteiger partial charge >= 0.3 is 6.09 Å². The van der Waals surface area contributed by atoms with Crippen molar-refractivity contribution in [1.29, 1.82) is 0 Å². The van der Waals surface area contributed by atoms with Crippen LogP contribution in [0.3, 0.4) is 0 Å². The quantitative estimate of drug-likeness (QED) is 0.796. The second kappa shape index (κ2) is 6.13. The van der Waals surface area contributed by atoms with E-state index in [0.29, 0.717) is 18.8 Å². The lowest BCUT2D eigenvalue weighted by Crippen LogP contribution is -2.70. The zero-order valence-corrected chi connectivity index (χ0v) is 12.3. The molecule has 2 saturated heterocycles. The first-order chi connectivity index (χ1) is 11.0. The van der Waals surface area contributed by atoms with Crippen LogP contribution in [0.1, 0.15) is 11.6 Å². The van der Waals surface area contributed by atoms with Crippen molar-refractivity contribution in [1.82, 2.24) is 10.2 Å². The van der Waals surface area contributed by atoms with Gasteiger partial charge in [0.1, 0.15) is 5.82 Å². The summed E-state index contributed by atoms with van der Waals surface area (Å²) < 4.78 is 24.1. The van der Waals surface area contributed by atoms with E-state index in [4.69, 9.17) is 9.47 Å². The maximum Gasteiger partial charge on any atom is 0.408 e. The van der Waals surface area contributed by atoms with E-state index in [1.807, 2.05) is 0 Å². The van der Waals surface area contributed by atoms with Crippen LogP contribution in [0.15, 0.2) is 24.3 Å². The Balaban J connectivity index is 1.92. The first-order valence-corrected chi connectivity index (χ1v) is 7.25. The Morgan fingerprint density at radius 3 is 2.65 bits per heavy atom. The molecule has 3 rings (SSSR count). The maximum atomic E-state index is 13.4. The number of hydrogen-bond acceptors (Lipinski definition) is 4. The van der Waals surface area contributed by atoms with E-state index in [2.05, 4.69) is 5.32 Å². The van der Waals surface area contributed by atoms with Crippen molar-refractivity contribution >= 4 is 12.0 Å². The fraction of sp³-hybridized carbons (Fsp3) is 0.467. The van der Waals surface area contributed by atoms with Crippen LogP contribution in [0, 0.1) is 5.82 Å². The highest BCUT2D eigenvalue weighted by atomic mass is 19.1. The van der Waals surface area contributed by atoms with Crippen LogP contribution >= 0.6 is 0 Å². The van der Waals surface area contributed by atoms with Crippen LogP contribution in [0.25, 0.3) is 0 Å². The van der Waals surface area contributed by atoms with Crippen LogP contribution in [-0.4, -0.2) is 60.5 Å². The Bertz CT molecular complexity index is 616. The molecular formula is C15H17FN2O5. The molecule has 23 heavy (non-hydrogen) atoms. The number of ether oxygens (including phenoxy) is 2. The number of hydrogen-bond donors (Lipinski definition) is 2. The summed E-state index contributed by atoms with van der Waals surface area (Å²) in [5, 5.41) is 12.3. The summed E-state index contributed by atoms with van der Waals surface area (Å²) in [7, 11) is 0. The molecule has 2 N–H and O–H groups in total. The summed E-state index contributed by atoms with van der Waals surface area (Å²) in [6, 6.07) is 5.11. The number of halogens is 1. The molecule has 0 aromatic heterocycles. The topological polar surface area (TPSA) is 88.1 Å². The van der Waals surface area contributed by atoms with Crippen LogP contribution in [0.4, 0.5) is 9.18 Å². The molecule has 1 aromatic carbocycles. The number of carboxylic acid groups (broad SMARTS) is 1. The molecule has 1 spiro atoms. The van der Waals surface area contributed by atoms with Crippen molar-refractivity contribution in [2.75, 3.05) is 33.0 Å². The number of benzene rings is 1. The number of rotatable bonds is 1. The molecule has 7 nitrogen and oxygen atoms in total. The number of carbonyl (C=O) groups excluding carboxylic acids is 1. The van der Waals surface area contributed by atoms with Crippen molar-refractivity contribution in [2.45, 2.75) is 11.6 Å². The summed E-state index contributed by atoms with van der Waals surface area (Å²) in [6.07, 6.45) is -1.24. The van der Waals surface area contributed by atoms with Gasteiger partial charge in [-0.25, -0.2) is 9.18 Å². The van der Waals surface area contributed by atoms with Gasteiger partial charge < -0.3 is 19.9 Å². The molecule has 2 fully saturated rings. The largest absolute Gasteiger partial charge is 0.465 e. The molecule has 124 valence electrons. The van der Waals surface area contributed by atoms with Crippen molar-refractivity contribution < 1.29 is 28.6 Å². The number of nitrogens with one attached hydrogen (secondary N) is 1. The monoisotopic (exact) mass is 324 g/mol. The average Bonchev–Trinajstić information content (AvgIpc) is 2.76. The second-order valence-corrected chi connectivity index (χ2v) is 5.61. The van der Waals surface area contributed by atoms with Gasteiger partial charge in [0.2, 0.25) is 0 Å². The van der Waals surface area contributed by atoms with E-state index in [1.165, 1.54) is 18.2 Å². The number of nitrogens with zero attached hydrogens (tertiary/aromatic N) is 1. The standard InChI is InChI=1S/C15H17FN2O5/c16-11-3-1-2-10(6-11)12-7-18(14(20)21)15(13(19)17-12)8-22-4-5-23-9-15/h1-3,6,12H,4-5,7-9H2,(H,17,19)(H,20,21). The van der Waals surface area contributed by atoms with Gasteiger partial charge in [-0.1, -0.05) is 12.1 Å². The Hall–Kier alpha value is -2.19. The predicted molar refractivity (Wildman–Crippen MR) is 76.4 cm³/mol. The number of piperazine rings is 1. The van der Waals surface area contributed by atoms with Crippen LogP contribution in [-0.2, 0) is 14.3 Å². The Morgan fingerprint density at radius 2 is 2.04 bits per heavy atom. The highest BCUT2D eigenvalue weighted by molar-refractivity contribution is 5.91. The highest BCUT2D eigenvalue weighted by Crippen LogP contribution is 2.29. The van der Waals surface area contributed by atoms with Crippen molar-refractivity contribution in [3.05, 3.63) is 35.6 Å². The van der Waals surface area contributed by atoms with Gasteiger partial charge in [0.25, 0.3) is 5.91 Å². The zero-order valence-electron chi connectivity index (χ0n) is 12.3. The van der Waals surface area contributed by atoms with Gasteiger partial charge in [-0.15, -0.1) is 0 Å². The lowest BCUT2D eigenvalue weighted by molar-refractivity contribution is -0.144. The normalized spacial score (nSPS) is 24.1.